The molecule has 0 saturated heterocycles. The lowest BCUT2D eigenvalue weighted by Gasteiger charge is -0.269. The summed E-state index contributed by atoms with van der Waals surface area (Å²) in [5.41, 5.74) is 0. The lowest BCUT2D eigenvalue weighted by Crippen LogP contribution is -0.381. The van der Waals surface area contributed by atoms with Gasteiger partial charge in [0.25, 0.3) is 0 Å². The van der Waals surface area contributed by atoms with Crippen LogP contribution in [0.2, 0.25) is 0 Å². The van der Waals surface area contributed by atoms with Crippen LogP contribution in [0.15, 0.2) is 0 Å². The Morgan fingerprint density at radius 2 is 0.385 bits per heavy atom. The first-order valence-corrected chi connectivity index (χ1v) is 0. The van der Waals surface area contributed by atoms with Crippen LogP contribution in [0.5, 0.6) is 0 Å². The second kappa shape index (κ2) is 56500000. The van der Waals surface area contributed by atoms with E-state index in [2.05, 4.69) is 0 Å². The molecule has 0 spiro atoms. The van der Waals surface area contributed by atoms with Crippen molar-refractivity contribution in [2.45, 2.75) is 81.7 Å². The summed E-state index contributed by atoms with van der Waals surface area (Å²) >= 11 is 0. The Kier molecular flexibility index (Phi) is 317000000000000. The molecule has 0 rings (SSSR count). The molecule has 13 heavy (non-hydrogen) atoms. The van der Waals surface area contributed by atoms with E-state index < -0.39 is 0 Å². The molecule has 0 aliphatic heterocycles. The molecule has 3 radical (unpaired) electrons. The number of halogens is 1. The van der Waals surface area contributed by atoms with Crippen LogP contribution in [0.4, 0.5) is 4.70 Å². The molecule has 0 atom stereocenters. The van der Waals surface area contributed by atoms with Crippen molar-refractivity contribution in [3.8, 4) is 0 Å². The Hall–Kier alpha value is -0.00506. The van der Waals surface area contributed by atoms with Crippen molar-refractivity contribution in [2.24, 2.45) is 0 Å². The van der Waals surface area contributed by atoms with E-state index in [1.165, 1.54) is 0 Å². The van der Waals surface area contributed by atoms with Gasteiger partial charge < -0.3 is 0 Å². The van der Waals surface area contributed by atoms with Gasteiger partial charge in [0.1, 0.15) is 0 Å². The van der Waals surface area contributed by atoms with Gasteiger partial charge in [0.2, 0.25) is 0 Å². The van der Waals surface area contributed by atoms with Crippen LogP contribution in [-0.4, -0.2) is 8.41 Å². The van der Waals surface area contributed by atoms with Crippen LogP contribution in [0.25, 0.3) is 0 Å². The highest BCUT2D eigenvalue weighted by Gasteiger charge is 0.000167. The van der Waals surface area contributed by atoms with E-state index in [-0.39, 0.29) is 97.7 Å². The fourth-order valence-electron chi connectivity index (χ4n) is 0. The van der Waals surface area contributed by atoms with E-state index in [4.69, 9.17) is 0 Å². The van der Waals surface area contributed by atoms with Gasteiger partial charge in [-0.05, 0) is 0 Å². The summed E-state index contributed by atoms with van der Waals surface area (Å²) in [5, 5.41) is 0. The van der Waals surface area contributed by atoms with Crippen molar-refractivity contribution < 1.29 is 7.56 Å². The fourth-order valence-corrected chi connectivity index (χ4v) is 0. The van der Waals surface area contributed by atoms with E-state index >= 15 is 0 Å². The van der Waals surface area contributed by atoms with Gasteiger partial charge in [-0.3, -0.25) is 4.70 Å². The fraction of sp³-hybridized carbons (Fsp3) is 1.00. The van der Waals surface area contributed by atoms with Crippen molar-refractivity contribution in [3.63, 3.8) is 0 Å². The maximum absolute atomic E-state index is 0. The van der Waals surface area contributed by atoms with Gasteiger partial charge in [-0.1, -0.05) is 81.7 Å². The average Bonchev–Trinajstić information content (AvgIpc) is 0. The first-order valence-electron chi connectivity index (χ1n) is 0. The highest BCUT2D eigenvalue weighted by Crippen LogP contribution is 0.420. The molecule has 0 bridgehead atoms. The minimum absolute atomic E-state index is 0. The third kappa shape index (κ3) is 46700000. The van der Waals surface area contributed by atoms with E-state index in [9.17, 15) is 0 Å². The number of hydrogen-bond donors (Lipinski definition) is 0. The number of hydrogen-bond acceptors (Lipinski definition) is 0. The second-order valence-electron chi connectivity index (χ2n) is 0. The van der Waals surface area contributed by atoms with Crippen molar-refractivity contribution in [3.05, 3.63) is 0 Å². The quantitative estimate of drug-likeness (QED) is 0.370. The molecule has 0 fully saturated rings. The van der Waals surface area contributed by atoms with Gasteiger partial charge >= 0.3 is 0 Å². The van der Waals surface area contributed by atoms with Crippen LogP contribution in [0.1, 0.15) is 84.5 Å². The molecule has 0 aliphatic rings. The lowest BCUT2D eigenvalue weighted by molar-refractivity contribution is 1.11. The highest BCUT2D eigenvalue weighted by atomic mass is 19.0. The van der Waals surface area contributed by atoms with Crippen LogP contribution in [0.3, 0.4) is 0 Å². The summed E-state index contributed by atoms with van der Waals surface area (Å²) in [6.45, 7) is 0. The minimum atomic E-state index is 0. The smallest absolute Gasteiger partial charge is 0 e. The Labute approximate surface area is 98.5 Å². The van der Waals surface area contributed by atoms with E-state index in [1.54, 1.807) is 0 Å². The first kappa shape index (κ1) is 72900000. The maximum atomic E-state index is 0. The van der Waals surface area contributed by atoms with Crippen molar-refractivity contribution in [1.29, 1.82) is 0 Å². The van der Waals surface area contributed by atoms with Crippen molar-refractivity contribution in [2.75, 3.05) is 0 Å². The largest absolute Gasteiger partial charge is 0.269 e. The molecule has 0 nitrogen and oxygen atoms in total. The highest BCUT2D eigenvalue weighted by molar-refractivity contribution is 5.75. The summed E-state index contributed by atoms with van der Waals surface area (Å²) in [7, 11) is 0. The molecule has 0 N–H and O–H groups in total. The Morgan fingerprint density at radius 3 is 0.385 bits per heavy atom. The standard InChI is InChI=1S/11CH4.B.FH.2H2/h11*1H4;;3*1H/i;;;;;;;;;;;;;1+1;. The summed E-state index contributed by atoms with van der Waals surface area (Å²) in [5.74, 6) is 0. The monoisotopic (exact) mass is 212 g/mol. The molecule has 0 amide bonds. The summed E-state index contributed by atoms with van der Waals surface area (Å²) in [4.78, 5) is 0. The van der Waals surface area contributed by atoms with Crippen LogP contribution >= 0.6 is 0 Å². The summed E-state index contributed by atoms with van der Waals surface area (Å²) in [6.07, 6.45) is 0. The van der Waals surface area contributed by atoms with Gasteiger partial charge in [0.15, 0.2) is 0 Å². The van der Waals surface area contributed by atoms with Gasteiger partial charge in [-0.2, -0.15) is 0 Å². The van der Waals surface area contributed by atoms with Crippen LogP contribution in [-0.2, 0) is 0 Å². The topological polar surface area (TPSA) is 0 Å². The molecule has 0 unspecified atom stereocenters. The SMILES string of the molecule is C.C.C.C.C.C.C.C.C.C.C.F.[2HH].[B].[HH]. The van der Waals surface area contributed by atoms with E-state index in [0.717, 1.165) is 0 Å². The van der Waals surface area contributed by atoms with Gasteiger partial charge in [0.05, 0.1) is 0 Å². The third-order valence-corrected chi connectivity index (χ3v) is 0. The van der Waals surface area contributed by atoms with Gasteiger partial charge in [0, 0.05) is 11.3 Å². The lowest BCUT2D eigenvalue weighted by atomic mass is 10.8. The molecule has 0 aliphatic carbocycles. The molecule has 2 heteroatoms. The molecule has 0 heterocycles. The minimum Gasteiger partial charge on any atom is -0.269 e. The predicted octanol–water partition coefficient (Wildman–Crippen LogP) is 7.26. The average molecular weight is 212 g/mol. The zero-order valence-electron chi connectivity index (χ0n) is 0.986. The van der Waals surface area contributed by atoms with Crippen molar-refractivity contribution >= 4 is 8.41 Å². The Bertz CT molecular complexity index is 18.5. The third-order valence-electron chi connectivity index (χ3n) is 0. The molecular formula is C11H49BF. The van der Waals surface area contributed by atoms with Crippen LogP contribution in [0, 0.1) is 0 Å². The van der Waals surface area contributed by atoms with E-state index in [0.29, 0.717) is 0 Å². The number of rotatable bonds is 0. The van der Waals surface area contributed by atoms with E-state index in [1.807, 2.05) is 0 Å². The molecule has 0 aromatic carbocycles. The Balaban J connectivity index is 0. The van der Waals surface area contributed by atoms with Crippen LogP contribution < -0.4 is 0 Å². The zero-order valence-corrected chi connectivity index (χ0v) is 0.986. The molecular weight excluding hydrogens is 162 g/mol. The zero-order chi connectivity index (χ0) is 0. The Morgan fingerprint density at radius 1 is 0.385 bits per heavy atom. The maximum Gasteiger partial charge on any atom is 0 e. The predicted molar refractivity (Wildman–Crippen MR) is 86.5 cm³/mol. The van der Waals surface area contributed by atoms with Crippen molar-refractivity contribution in [1.82, 2.24) is 0 Å². The molecule has 0 aromatic rings. The molecule has 0 aromatic heterocycles. The van der Waals surface area contributed by atoms with Gasteiger partial charge in [-0.15, -0.1) is 0 Å². The second-order valence-corrected chi connectivity index (χ2v) is 0. The molecule has 0 saturated carbocycles. The normalized spacial score (nSPS) is 0. The summed E-state index contributed by atoms with van der Waals surface area (Å²) < 4.78 is 0. The molecule has 103 valence electrons. The first-order chi connectivity index (χ1) is 0. The summed E-state index contributed by atoms with van der Waals surface area (Å²) in [6, 6.07) is 0. The van der Waals surface area contributed by atoms with Gasteiger partial charge in [-0.25, -0.2) is 0 Å².